The number of hydrogen-bond donors (Lipinski definition) is 0. The Bertz CT molecular complexity index is 880. The number of rotatable bonds is 4. The van der Waals surface area contributed by atoms with Crippen LogP contribution >= 0.6 is 0 Å². The molecule has 1 saturated heterocycles. The molecule has 0 amide bonds. The number of ether oxygens (including phenoxy) is 1. The van der Waals surface area contributed by atoms with E-state index in [2.05, 4.69) is 5.10 Å². The number of sulfonamides is 1. The summed E-state index contributed by atoms with van der Waals surface area (Å²) in [6.07, 6.45) is -1.79. The molecule has 1 aromatic carbocycles. The first kappa shape index (κ1) is 18.9. The number of halogens is 3. The van der Waals surface area contributed by atoms with Crippen LogP contribution in [0.4, 0.5) is 13.2 Å². The summed E-state index contributed by atoms with van der Waals surface area (Å²) in [6, 6.07) is 4.73. The van der Waals surface area contributed by atoms with E-state index in [1.165, 1.54) is 22.5 Å². The van der Waals surface area contributed by atoms with Crippen LogP contribution in [0, 0.1) is 0 Å². The quantitative estimate of drug-likeness (QED) is 0.805. The van der Waals surface area contributed by atoms with Crippen molar-refractivity contribution in [3.05, 3.63) is 53.3 Å². The summed E-state index contributed by atoms with van der Waals surface area (Å²) in [5.41, 5.74) is -0.465. The van der Waals surface area contributed by atoms with Crippen molar-refractivity contribution >= 4 is 10.0 Å². The smallest absolute Gasteiger partial charge is 0.371 e. The predicted molar refractivity (Wildman–Crippen MR) is 87.5 cm³/mol. The summed E-state index contributed by atoms with van der Waals surface area (Å²) in [4.78, 5) is 0. The Morgan fingerprint density at radius 1 is 1.31 bits per heavy atom. The molecule has 0 spiro atoms. The molecule has 0 radical (unpaired) electrons. The van der Waals surface area contributed by atoms with Gasteiger partial charge in [-0.15, -0.1) is 0 Å². The molecule has 1 aliphatic rings. The Hall–Kier alpha value is -1.91. The number of hydrogen-bond acceptors (Lipinski definition) is 4. The number of nitrogens with zero attached hydrogens (tertiary/aromatic N) is 3. The molecule has 10 heteroatoms. The number of alkyl halides is 3. The van der Waals surface area contributed by atoms with E-state index in [-0.39, 0.29) is 25.3 Å². The van der Waals surface area contributed by atoms with Crippen molar-refractivity contribution in [3.8, 4) is 0 Å². The van der Waals surface area contributed by atoms with Crippen LogP contribution < -0.4 is 0 Å². The monoisotopic (exact) mass is 389 g/mol. The van der Waals surface area contributed by atoms with Crippen molar-refractivity contribution in [1.29, 1.82) is 0 Å². The van der Waals surface area contributed by atoms with Crippen LogP contribution in [0.2, 0.25) is 0 Å². The molecule has 0 unspecified atom stereocenters. The van der Waals surface area contributed by atoms with Gasteiger partial charge in [0, 0.05) is 31.9 Å². The fourth-order valence-corrected chi connectivity index (χ4v) is 4.44. The largest absolute Gasteiger partial charge is 0.416 e. The zero-order valence-corrected chi connectivity index (χ0v) is 14.8. The fraction of sp³-hybridized carbons (Fsp3) is 0.438. The van der Waals surface area contributed by atoms with Crippen molar-refractivity contribution in [2.24, 2.45) is 7.05 Å². The highest BCUT2D eigenvalue weighted by molar-refractivity contribution is 7.88. The van der Waals surface area contributed by atoms with Gasteiger partial charge in [0.2, 0.25) is 10.0 Å². The zero-order chi connectivity index (χ0) is 18.9. The van der Waals surface area contributed by atoms with Gasteiger partial charge < -0.3 is 4.74 Å². The summed E-state index contributed by atoms with van der Waals surface area (Å²) in [6.45, 7) is 0.315. The second-order valence-corrected chi connectivity index (χ2v) is 8.04. The van der Waals surface area contributed by atoms with Crippen molar-refractivity contribution in [3.63, 3.8) is 0 Å². The van der Waals surface area contributed by atoms with Gasteiger partial charge in [-0.25, -0.2) is 8.42 Å². The molecule has 1 atom stereocenters. The zero-order valence-electron chi connectivity index (χ0n) is 14.0. The molecular weight excluding hydrogens is 371 g/mol. The van der Waals surface area contributed by atoms with E-state index in [4.69, 9.17) is 4.74 Å². The van der Waals surface area contributed by atoms with E-state index >= 15 is 0 Å². The maximum absolute atomic E-state index is 13.1. The molecule has 0 aliphatic carbocycles. The third-order valence-corrected chi connectivity index (χ3v) is 5.97. The molecule has 26 heavy (non-hydrogen) atoms. The van der Waals surface area contributed by atoms with Crippen LogP contribution in [0.1, 0.15) is 22.8 Å². The second-order valence-electron chi connectivity index (χ2n) is 6.08. The molecule has 1 aliphatic heterocycles. The van der Waals surface area contributed by atoms with Crippen molar-refractivity contribution in [2.45, 2.75) is 18.0 Å². The lowest BCUT2D eigenvalue weighted by Crippen LogP contribution is -2.42. The molecule has 1 fully saturated rings. The number of morpholine rings is 1. The molecule has 6 nitrogen and oxygen atoms in total. The minimum absolute atomic E-state index is 0.0439. The second kappa shape index (κ2) is 7.01. The molecule has 0 saturated carbocycles. The van der Waals surface area contributed by atoms with E-state index in [9.17, 15) is 21.6 Å². The topological polar surface area (TPSA) is 64.4 Å². The van der Waals surface area contributed by atoms with Crippen LogP contribution in [0.5, 0.6) is 0 Å². The fourth-order valence-electron chi connectivity index (χ4n) is 2.90. The van der Waals surface area contributed by atoms with Gasteiger partial charge in [-0.1, -0.05) is 18.2 Å². The van der Waals surface area contributed by atoms with Gasteiger partial charge in [0.05, 0.1) is 30.2 Å². The highest BCUT2D eigenvalue weighted by Gasteiger charge is 2.36. The lowest BCUT2D eigenvalue weighted by atomic mass is 10.1. The van der Waals surface area contributed by atoms with E-state index in [1.54, 1.807) is 24.1 Å². The Balaban J connectivity index is 1.80. The van der Waals surface area contributed by atoms with E-state index in [0.29, 0.717) is 0 Å². The van der Waals surface area contributed by atoms with Crippen LogP contribution in [0.15, 0.2) is 36.7 Å². The number of aryl methyl sites for hydroxylation is 1. The van der Waals surface area contributed by atoms with Crippen molar-refractivity contribution in [2.75, 3.05) is 19.7 Å². The van der Waals surface area contributed by atoms with Gasteiger partial charge in [-0.3, -0.25) is 4.68 Å². The van der Waals surface area contributed by atoms with E-state index < -0.39 is 33.6 Å². The third kappa shape index (κ3) is 4.08. The van der Waals surface area contributed by atoms with Gasteiger partial charge in [-0.2, -0.15) is 22.6 Å². The number of aromatic nitrogens is 2. The standard InChI is InChI=1S/C16H18F3N3O3S/c1-21-9-13(8-20-21)15-10-22(6-7-25-15)26(23,24)11-12-4-2-3-5-14(12)16(17,18)19/h2-5,8-9,15H,6-7,10-11H2,1H3/t15-/m0/s1. The van der Waals surface area contributed by atoms with Crippen molar-refractivity contribution in [1.82, 2.24) is 14.1 Å². The molecular formula is C16H18F3N3O3S. The van der Waals surface area contributed by atoms with Gasteiger partial charge in [0.1, 0.15) is 0 Å². The highest BCUT2D eigenvalue weighted by atomic mass is 32.2. The summed E-state index contributed by atoms with van der Waals surface area (Å²) in [5, 5.41) is 4.03. The molecule has 2 aromatic rings. The van der Waals surface area contributed by atoms with Gasteiger partial charge in [-0.05, 0) is 11.6 Å². The van der Waals surface area contributed by atoms with Crippen LogP contribution in [0.3, 0.4) is 0 Å². The highest BCUT2D eigenvalue weighted by Crippen LogP contribution is 2.33. The molecule has 1 aromatic heterocycles. The maximum atomic E-state index is 13.1. The molecule has 142 valence electrons. The molecule has 2 heterocycles. The van der Waals surface area contributed by atoms with Gasteiger partial charge in [0.25, 0.3) is 0 Å². The lowest BCUT2D eigenvalue weighted by molar-refractivity contribution is -0.138. The Morgan fingerprint density at radius 3 is 2.69 bits per heavy atom. The Morgan fingerprint density at radius 2 is 2.04 bits per heavy atom. The lowest BCUT2D eigenvalue weighted by Gasteiger charge is -2.32. The maximum Gasteiger partial charge on any atom is 0.416 e. The van der Waals surface area contributed by atoms with Crippen molar-refractivity contribution < 1.29 is 26.3 Å². The third-order valence-electron chi connectivity index (χ3n) is 4.18. The van der Waals surface area contributed by atoms with E-state index in [0.717, 1.165) is 11.6 Å². The summed E-state index contributed by atoms with van der Waals surface area (Å²) in [5.74, 6) is -0.706. The normalized spacial score (nSPS) is 19.6. The minimum atomic E-state index is -4.60. The molecule has 0 N–H and O–H groups in total. The van der Waals surface area contributed by atoms with E-state index in [1.807, 2.05) is 0 Å². The first-order valence-corrected chi connectivity index (χ1v) is 9.51. The molecule has 0 bridgehead atoms. The van der Waals surface area contributed by atoms with Crippen LogP contribution in [0.25, 0.3) is 0 Å². The summed E-state index contributed by atoms with van der Waals surface area (Å²) in [7, 11) is -2.20. The predicted octanol–water partition coefficient (Wildman–Crippen LogP) is 2.34. The minimum Gasteiger partial charge on any atom is -0.371 e. The Labute approximate surface area is 149 Å². The van der Waals surface area contributed by atoms with Gasteiger partial charge in [0.15, 0.2) is 0 Å². The van der Waals surface area contributed by atoms with Crippen LogP contribution in [-0.4, -0.2) is 42.2 Å². The Kier molecular flexibility index (Phi) is 5.09. The number of benzene rings is 1. The SMILES string of the molecule is Cn1cc([C@@H]2CN(S(=O)(=O)Cc3ccccc3C(F)(F)F)CCO2)cn1. The summed E-state index contributed by atoms with van der Waals surface area (Å²) >= 11 is 0. The molecule has 3 rings (SSSR count). The first-order chi connectivity index (χ1) is 12.2. The first-order valence-electron chi connectivity index (χ1n) is 7.90. The average molecular weight is 389 g/mol. The van der Waals surface area contributed by atoms with Crippen LogP contribution in [-0.2, 0) is 33.7 Å². The average Bonchev–Trinajstić information content (AvgIpc) is 3.01. The summed E-state index contributed by atoms with van der Waals surface area (Å²) < 4.78 is 73.1. The van der Waals surface area contributed by atoms with Gasteiger partial charge >= 0.3 is 6.18 Å².